The fourth-order valence-corrected chi connectivity index (χ4v) is 2.31. The molecule has 0 aliphatic rings. The Morgan fingerprint density at radius 3 is 2.05 bits per heavy atom. The molecule has 0 saturated carbocycles. The Labute approximate surface area is 123 Å². The van der Waals surface area contributed by atoms with Crippen LogP contribution < -0.4 is 9.64 Å². The summed E-state index contributed by atoms with van der Waals surface area (Å²) in [6.07, 6.45) is 0. The van der Waals surface area contributed by atoms with E-state index in [0.717, 1.165) is 17.6 Å². The van der Waals surface area contributed by atoms with Gasteiger partial charge in [-0.05, 0) is 35.4 Å². The zero-order chi connectivity index (χ0) is 13.7. The van der Waals surface area contributed by atoms with Crippen LogP contribution in [0.4, 0.5) is 5.69 Å². The van der Waals surface area contributed by atoms with E-state index in [2.05, 4.69) is 64.3 Å². The lowest BCUT2D eigenvalue weighted by Crippen LogP contribution is -2.16. The SMILES string of the molecule is COc1ccc(CN(C)c2ccc(CBr)cc2)cc1. The summed E-state index contributed by atoms with van der Waals surface area (Å²) in [5.41, 5.74) is 3.79. The molecule has 0 spiro atoms. The number of alkyl halides is 1. The van der Waals surface area contributed by atoms with Crippen molar-refractivity contribution in [3.05, 3.63) is 59.7 Å². The summed E-state index contributed by atoms with van der Waals surface area (Å²) in [5, 5.41) is 0.898. The quantitative estimate of drug-likeness (QED) is 0.765. The number of benzene rings is 2. The summed E-state index contributed by atoms with van der Waals surface area (Å²) in [7, 11) is 3.79. The molecule has 0 N–H and O–H groups in total. The van der Waals surface area contributed by atoms with E-state index < -0.39 is 0 Å². The van der Waals surface area contributed by atoms with E-state index in [-0.39, 0.29) is 0 Å². The van der Waals surface area contributed by atoms with E-state index in [0.29, 0.717) is 0 Å². The predicted octanol–water partition coefficient (Wildman–Crippen LogP) is 4.23. The molecule has 0 unspecified atom stereocenters. The first-order valence-electron chi connectivity index (χ1n) is 6.22. The standard InChI is InChI=1S/C16H18BrNO/c1-18(15-7-3-13(11-17)4-8-15)12-14-5-9-16(19-2)10-6-14/h3-10H,11-12H2,1-2H3. The van der Waals surface area contributed by atoms with Gasteiger partial charge in [0.05, 0.1) is 7.11 Å². The third kappa shape index (κ3) is 3.74. The number of halogens is 1. The molecule has 2 rings (SSSR count). The van der Waals surface area contributed by atoms with Crippen LogP contribution in [0.1, 0.15) is 11.1 Å². The lowest BCUT2D eigenvalue weighted by atomic mass is 10.2. The minimum absolute atomic E-state index is 0.887. The van der Waals surface area contributed by atoms with Crippen molar-refractivity contribution in [3.63, 3.8) is 0 Å². The number of anilines is 1. The van der Waals surface area contributed by atoms with Crippen LogP contribution in [-0.4, -0.2) is 14.2 Å². The van der Waals surface area contributed by atoms with Gasteiger partial charge in [0.2, 0.25) is 0 Å². The molecule has 0 radical (unpaired) electrons. The molecule has 0 atom stereocenters. The zero-order valence-corrected chi connectivity index (χ0v) is 12.9. The summed E-state index contributed by atoms with van der Waals surface area (Å²) in [5.74, 6) is 0.896. The summed E-state index contributed by atoms with van der Waals surface area (Å²) in [6, 6.07) is 16.8. The number of ether oxygens (including phenoxy) is 1. The van der Waals surface area contributed by atoms with Crippen molar-refractivity contribution in [2.24, 2.45) is 0 Å². The van der Waals surface area contributed by atoms with Crippen molar-refractivity contribution >= 4 is 21.6 Å². The molecule has 0 bridgehead atoms. The van der Waals surface area contributed by atoms with Gasteiger partial charge in [-0.15, -0.1) is 0 Å². The number of methoxy groups -OCH3 is 1. The van der Waals surface area contributed by atoms with Gasteiger partial charge in [-0.2, -0.15) is 0 Å². The third-order valence-corrected chi connectivity index (χ3v) is 3.76. The molecule has 2 aromatic rings. The fraction of sp³-hybridized carbons (Fsp3) is 0.250. The number of rotatable bonds is 5. The number of hydrogen-bond acceptors (Lipinski definition) is 2. The highest BCUT2D eigenvalue weighted by Gasteiger charge is 2.02. The van der Waals surface area contributed by atoms with Gasteiger partial charge in [-0.25, -0.2) is 0 Å². The lowest BCUT2D eigenvalue weighted by molar-refractivity contribution is 0.414. The van der Waals surface area contributed by atoms with E-state index in [1.165, 1.54) is 16.8 Å². The van der Waals surface area contributed by atoms with Gasteiger partial charge in [0.1, 0.15) is 5.75 Å². The second-order valence-corrected chi connectivity index (χ2v) is 5.06. The largest absolute Gasteiger partial charge is 0.497 e. The first kappa shape index (κ1) is 13.9. The van der Waals surface area contributed by atoms with Crippen molar-refractivity contribution in [2.75, 3.05) is 19.1 Å². The van der Waals surface area contributed by atoms with E-state index in [1.807, 2.05) is 12.1 Å². The molecule has 19 heavy (non-hydrogen) atoms. The van der Waals surface area contributed by atoms with Gasteiger partial charge in [-0.3, -0.25) is 0 Å². The predicted molar refractivity (Wildman–Crippen MR) is 84.2 cm³/mol. The number of hydrogen-bond donors (Lipinski definition) is 0. The maximum atomic E-state index is 5.17. The normalized spacial score (nSPS) is 10.3. The Hall–Kier alpha value is -1.48. The van der Waals surface area contributed by atoms with E-state index in [9.17, 15) is 0 Å². The zero-order valence-electron chi connectivity index (χ0n) is 11.3. The van der Waals surface area contributed by atoms with Crippen LogP contribution in [0.15, 0.2) is 48.5 Å². The van der Waals surface area contributed by atoms with Crippen molar-refractivity contribution in [1.82, 2.24) is 0 Å². The summed E-state index contributed by atoms with van der Waals surface area (Å²) in [4.78, 5) is 2.24. The molecule has 0 aliphatic carbocycles. The van der Waals surface area contributed by atoms with E-state index >= 15 is 0 Å². The van der Waals surface area contributed by atoms with Crippen molar-refractivity contribution in [2.45, 2.75) is 11.9 Å². The van der Waals surface area contributed by atoms with Crippen molar-refractivity contribution < 1.29 is 4.74 Å². The summed E-state index contributed by atoms with van der Waals surface area (Å²) >= 11 is 3.46. The molecule has 2 aromatic carbocycles. The second kappa shape index (κ2) is 6.62. The van der Waals surface area contributed by atoms with Gasteiger partial charge in [-0.1, -0.05) is 40.2 Å². The van der Waals surface area contributed by atoms with Crippen LogP contribution in [0.2, 0.25) is 0 Å². The maximum Gasteiger partial charge on any atom is 0.118 e. The second-order valence-electron chi connectivity index (χ2n) is 4.50. The molecule has 0 aromatic heterocycles. The van der Waals surface area contributed by atoms with Crippen molar-refractivity contribution in [1.29, 1.82) is 0 Å². The Morgan fingerprint density at radius 2 is 1.53 bits per heavy atom. The average Bonchev–Trinajstić information content (AvgIpc) is 2.48. The molecular weight excluding hydrogens is 302 g/mol. The highest BCUT2D eigenvalue weighted by molar-refractivity contribution is 9.08. The summed E-state index contributed by atoms with van der Waals surface area (Å²) < 4.78 is 5.17. The molecule has 0 amide bonds. The highest BCUT2D eigenvalue weighted by atomic mass is 79.9. The lowest BCUT2D eigenvalue weighted by Gasteiger charge is -2.19. The molecule has 0 heterocycles. The third-order valence-electron chi connectivity index (χ3n) is 3.11. The van der Waals surface area contributed by atoms with Crippen LogP contribution >= 0.6 is 15.9 Å². The van der Waals surface area contributed by atoms with E-state index in [1.54, 1.807) is 7.11 Å². The van der Waals surface area contributed by atoms with Gasteiger partial charge in [0, 0.05) is 24.6 Å². The molecule has 2 nitrogen and oxygen atoms in total. The highest BCUT2D eigenvalue weighted by Crippen LogP contribution is 2.19. The Kier molecular flexibility index (Phi) is 4.86. The van der Waals surface area contributed by atoms with Crippen molar-refractivity contribution in [3.8, 4) is 5.75 Å². The van der Waals surface area contributed by atoms with Gasteiger partial charge >= 0.3 is 0 Å². The first-order valence-corrected chi connectivity index (χ1v) is 7.34. The van der Waals surface area contributed by atoms with Crippen LogP contribution in [-0.2, 0) is 11.9 Å². The van der Waals surface area contributed by atoms with Crippen LogP contribution in [0.25, 0.3) is 0 Å². The minimum Gasteiger partial charge on any atom is -0.497 e. The molecule has 0 fully saturated rings. The minimum atomic E-state index is 0.887. The molecule has 0 aliphatic heterocycles. The van der Waals surface area contributed by atoms with E-state index in [4.69, 9.17) is 4.74 Å². The van der Waals surface area contributed by atoms with Gasteiger partial charge in [0.25, 0.3) is 0 Å². The number of nitrogens with zero attached hydrogens (tertiary/aromatic N) is 1. The average molecular weight is 320 g/mol. The first-order chi connectivity index (χ1) is 9.22. The molecule has 3 heteroatoms. The fourth-order valence-electron chi connectivity index (χ4n) is 1.94. The van der Waals surface area contributed by atoms with Gasteiger partial charge in [0.15, 0.2) is 0 Å². The van der Waals surface area contributed by atoms with Crippen LogP contribution in [0.5, 0.6) is 5.75 Å². The molecule has 0 saturated heterocycles. The van der Waals surface area contributed by atoms with Crippen LogP contribution in [0.3, 0.4) is 0 Å². The Balaban J connectivity index is 2.04. The maximum absolute atomic E-state index is 5.17. The molecular formula is C16H18BrNO. The molecule has 100 valence electrons. The Bertz CT molecular complexity index is 507. The van der Waals surface area contributed by atoms with Crippen LogP contribution in [0, 0.1) is 0 Å². The van der Waals surface area contributed by atoms with Gasteiger partial charge < -0.3 is 9.64 Å². The Morgan fingerprint density at radius 1 is 0.947 bits per heavy atom. The summed E-state index contributed by atoms with van der Waals surface area (Å²) in [6.45, 7) is 0.887. The monoisotopic (exact) mass is 319 g/mol. The smallest absolute Gasteiger partial charge is 0.118 e. The topological polar surface area (TPSA) is 12.5 Å².